The second kappa shape index (κ2) is 6.04. The first-order valence-electron chi connectivity index (χ1n) is 6.11. The van der Waals surface area contributed by atoms with Crippen molar-refractivity contribution >= 4 is 11.6 Å². The lowest BCUT2D eigenvalue weighted by atomic mass is 9.96. The Labute approximate surface area is 117 Å². The molecule has 0 saturated carbocycles. The molecule has 0 saturated heterocycles. The molecular formula is C15H16ClNO2. The van der Waals surface area contributed by atoms with Crippen LogP contribution < -0.4 is 4.74 Å². The molecular weight excluding hydrogens is 262 g/mol. The Bertz CT molecular complexity index is 572. The van der Waals surface area contributed by atoms with E-state index < -0.39 is 6.10 Å². The van der Waals surface area contributed by atoms with Crippen molar-refractivity contribution in [1.29, 1.82) is 0 Å². The number of nitrogens with zero attached hydrogens (tertiary/aromatic N) is 1. The van der Waals surface area contributed by atoms with Gasteiger partial charge in [-0.1, -0.05) is 18.5 Å². The van der Waals surface area contributed by atoms with E-state index in [1.54, 1.807) is 37.7 Å². The van der Waals surface area contributed by atoms with Crippen molar-refractivity contribution in [2.45, 2.75) is 19.4 Å². The second-order valence-electron chi connectivity index (χ2n) is 4.22. The molecule has 0 aliphatic rings. The molecule has 19 heavy (non-hydrogen) atoms. The zero-order valence-corrected chi connectivity index (χ0v) is 11.7. The molecule has 2 rings (SSSR count). The number of halogens is 1. The fourth-order valence-electron chi connectivity index (χ4n) is 2.09. The van der Waals surface area contributed by atoms with Crippen LogP contribution in [0, 0.1) is 0 Å². The van der Waals surface area contributed by atoms with Crippen molar-refractivity contribution < 1.29 is 9.84 Å². The molecule has 1 N–H and O–H groups in total. The van der Waals surface area contributed by atoms with Gasteiger partial charge in [-0.2, -0.15) is 0 Å². The van der Waals surface area contributed by atoms with Crippen LogP contribution in [0.3, 0.4) is 0 Å². The topological polar surface area (TPSA) is 42.4 Å². The van der Waals surface area contributed by atoms with Crippen LogP contribution in [-0.2, 0) is 6.42 Å². The molecule has 0 bridgehead atoms. The molecule has 100 valence electrons. The molecule has 1 aromatic heterocycles. The van der Waals surface area contributed by atoms with Crippen molar-refractivity contribution in [2.75, 3.05) is 7.11 Å². The first-order valence-corrected chi connectivity index (χ1v) is 6.49. The Balaban J connectivity index is 2.49. The minimum Gasteiger partial charge on any atom is -0.496 e. The Morgan fingerprint density at radius 1 is 1.32 bits per heavy atom. The van der Waals surface area contributed by atoms with Gasteiger partial charge in [0.2, 0.25) is 0 Å². The quantitative estimate of drug-likeness (QED) is 0.931. The summed E-state index contributed by atoms with van der Waals surface area (Å²) in [6.07, 6.45) is 3.49. The van der Waals surface area contributed by atoms with Crippen molar-refractivity contribution in [3.8, 4) is 5.75 Å². The number of aliphatic hydroxyl groups is 1. The Morgan fingerprint density at radius 2 is 2.11 bits per heavy atom. The Morgan fingerprint density at radius 3 is 2.79 bits per heavy atom. The SMILES string of the molecule is CCc1cnccc1C(O)c1cc(Cl)ccc1OC. The number of methoxy groups -OCH3 is 1. The van der Waals surface area contributed by atoms with E-state index in [4.69, 9.17) is 16.3 Å². The number of aliphatic hydroxyl groups excluding tert-OH is 1. The molecule has 1 unspecified atom stereocenters. The molecule has 0 aliphatic heterocycles. The van der Waals surface area contributed by atoms with Crippen LogP contribution in [0.4, 0.5) is 0 Å². The van der Waals surface area contributed by atoms with Crippen LogP contribution in [-0.4, -0.2) is 17.2 Å². The summed E-state index contributed by atoms with van der Waals surface area (Å²) < 4.78 is 5.28. The highest BCUT2D eigenvalue weighted by atomic mass is 35.5. The molecule has 0 aliphatic carbocycles. The molecule has 1 aromatic carbocycles. The summed E-state index contributed by atoms with van der Waals surface area (Å²) in [5.41, 5.74) is 2.51. The van der Waals surface area contributed by atoms with Gasteiger partial charge in [0, 0.05) is 23.0 Å². The largest absolute Gasteiger partial charge is 0.496 e. The average Bonchev–Trinajstić information content (AvgIpc) is 2.46. The van der Waals surface area contributed by atoms with E-state index >= 15 is 0 Å². The second-order valence-corrected chi connectivity index (χ2v) is 4.65. The minimum atomic E-state index is -0.772. The number of hydrogen-bond acceptors (Lipinski definition) is 3. The van der Waals surface area contributed by atoms with Gasteiger partial charge in [-0.15, -0.1) is 0 Å². The molecule has 0 radical (unpaired) electrons. The third-order valence-electron chi connectivity index (χ3n) is 3.10. The van der Waals surface area contributed by atoms with Gasteiger partial charge in [0.15, 0.2) is 0 Å². The smallest absolute Gasteiger partial charge is 0.125 e. The van der Waals surface area contributed by atoms with Crippen molar-refractivity contribution in [3.05, 3.63) is 58.4 Å². The predicted molar refractivity (Wildman–Crippen MR) is 75.7 cm³/mol. The van der Waals surface area contributed by atoms with Gasteiger partial charge in [0.05, 0.1) is 7.11 Å². The number of rotatable bonds is 4. The molecule has 3 nitrogen and oxygen atoms in total. The van der Waals surface area contributed by atoms with E-state index in [0.29, 0.717) is 16.3 Å². The lowest BCUT2D eigenvalue weighted by molar-refractivity contribution is 0.213. The fourth-order valence-corrected chi connectivity index (χ4v) is 2.27. The van der Waals surface area contributed by atoms with Gasteiger partial charge < -0.3 is 9.84 Å². The Hall–Kier alpha value is -1.58. The van der Waals surface area contributed by atoms with Gasteiger partial charge in [0.25, 0.3) is 0 Å². The van der Waals surface area contributed by atoms with Gasteiger partial charge in [0.1, 0.15) is 11.9 Å². The van der Waals surface area contributed by atoms with Gasteiger partial charge in [-0.3, -0.25) is 4.98 Å². The van der Waals surface area contributed by atoms with Crippen molar-refractivity contribution in [1.82, 2.24) is 4.98 Å². The van der Waals surface area contributed by atoms with Crippen LogP contribution in [0.2, 0.25) is 5.02 Å². The number of aromatic nitrogens is 1. The van der Waals surface area contributed by atoms with Crippen LogP contribution in [0.5, 0.6) is 5.75 Å². The third-order valence-corrected chi connectivity index (χ3v) is 3.34. The van der Waals surface area contributed by atoms with Crippen LogP contribution in [0.1, 0.15) is 29.7 Å². The summed E-state index contributed by atoms with van der Waals surface area (Å²) in [7, 11) is 1.58. The summed E-state index contributed by atoms with van der Waals surface area (Å²) in [6.45, 7) is 2.03. The predicted octanol–water partition coefficient (Wildman–Crippen LogP) is 3.39. The maximum atomic E-state index is 10.6. The highest BCUT2D eigenvalue weighted by molar-refractivity contribution is 6.30. The van der Waals surface area contributed by atoms with Crippen LogP contribution >= 0.6 is 11.6 Å². The van der Waals surface area contributed by atoms with E-state index in [1.165, 1.54) is 0 Å². The molecule has 2 aromatic rings. The van der Waals surface area contributed by atoms with E-state index in [0.717, 1.165) is 17.5 Å². The lowest BCUT2D eigenvalue weighted by Gasteiger charge is -2.17. The summed E-state index contributed by atoms with van der Waals surface area (Å²) >= 11 is 6.00. The highest BCUT2D eigenvalue weighted by Gasteiger charge is 2.18. The van der Waals surface area contributed by atoms with Gasteiger partial charge >= 0.3 is 0 Å². The first kappa shape index (κ1) is 13.8. The molecule has 1 heterocycles. The summed E-state index contributed by atoms with van der Waals surface area (Å²) in [6, 6.07) is 7.05. The normalized spacial score (nSPS) is 12.2. The van der Waals surface area contributed by atoms with E-state index in [1.807, 2.05) is 13.0 Å². The van der Waals surface area contributed by atoms with E-state index in [-0.39, 0.29) is 0 Å². The van der Waals surface area contributed by atoms with Crippen LogP contribution in [0.15, 0.2) is 36.7 Å². The maximum absolute atomic E-state index is 10.6. The number of aryl methyl sites for hydroxylation is 1. The Kier molecular flexibility index (Phi) is 4.40. The number of hydrogen-bond donors (Lipinski definition) is 1. The number of pyridine rings is 1. The molecule has 0 fully saturated rings. The molecule has 4 heteroatoms. The monoisotopic (exact) mass is 277 g/mol. The standard InChI is InChI=1S/C15H16ClNO2/c1-3-10-9-17-7-6-12(10)15(18)13-8-11(16)4-5-14(13)19-2/h4-9,15,18H,3H2,1-2H3. The van der Waals surface area contributed by atoms with Crippen LogP contribution in [0.25, 0.3) is 0 Å². The third kappa shape index (κ3) is 2.88. The minimum absolute atomic E-state index is 0.571. The summed E-state index contributed by atoms with van der Waals surface area (Å²) in [5, 5.41) is 11.1. The molecule has 0 spiro atoms. The van der Waals surface area contributed by atoms with Gasteiger partial charge in [-0.25, -0.2) is 0 Å². The zero-order valence-electron chi connectivity index (χ0n) is 10.9. The number of ether oxygens (including phenoxy) is 1. The molecule has 0 amide bonds. The average molecular weight is 278 g/mol. The lowest BCUT2D eigenvalue weighted by Crippen LogP contribution is -2.06. The fraction of sp³-hybridized carbons (Fsp3) is 0.267. The summed E-state index contributed by atoms with van der Waals surface area (Å²) in [4.78, 5) is 4.08. The maximum Gasteiger partial charge on any atom is 0.125 e. The highest BCUT2D eigenvalue weighted by Crippen LogP contribution is 2.33. The first-order chi connectivity index (χ1) is 9.17. The number of benzene rings is 1. The van der Waals surface area contributed by atoms with E-state index in [9.17, 15) is 5.11 Å². The molecule has 1 atom stereocenters. The van der Waals surface area contributed by atoms with Gasteiger partial charge in [-0.05, 0) is 41.8 Å². The van der Waals surface area contributed by atoms with Crippen molar-refractivity contribution in [2.24, 2.45) is 0 Å². The summed E-state index contributed by atoms with van der Waals surface area (Å²) in [5.74, 6) is 0.621. The van der Waals surface area contributed by atoms with E-state index in [2.05, 4.69) is 4.98 Å². The zero-order chi connectivity index (χ0) is 13.8. The van der Waals surface area contributed by atoms with Crippen molar-refractivity contribution in [3.63, 3.8) is 0 Å².